The summed E-state index contributed by atoms with van der Waals surface area (Å²) in [4.78, 5) is 6.98. The molecule has 1 saturated heterocycles. The normalized spacial score (nSPS) is 20.6. The molecule has 1 aliphatic heterocycles. The number of benzene rings is 1. The van der Waals surface area contributed by atoms with Gasteiger partial charge in [-0.2, -0.15) is 0 Å². The Kier molecular flexibility index (Phi) is 2.28. The van der Waals surface area contributed by atoms with Crippen molar-refractivity contribution in [1.82, 2.24) is 4.98 Å². The van der Waals surface area contributed by atoms with Crippen molar-refractivity contribution in [3.8, 4) is 0 Å². The van der Waals surface area contributed by atoms with Gasteiger partial charge in [-0.3, -0.25) is 4.98 Å². The number of fused-ring (bicyclic) bond motifs is 1. The SMILES string of the molecule is CC1CCCN1c1cnc2ccccc2c1. The van der Waals surface area contributed by atoms with E-state index >= 15 is 0 Å². The number of pyridine rings is 1. The quantitative estimate of drug-likeness (QED) is 0.721. The Labute approximate surface area is 95.9 Å². The molecule has 1 unspecified atom stereocenters. The second kappa shape index (κ2) is 3.78. The van der Waals surface area contributed by atoms with Crippen LogP contribution in [0.3, 0.4) is 0 Å². The third kappa shape index (κ3) is 1.54. The molecule has 0 amide bonds. The van der Waals surface area contributed by atoms with Crippen molar-refractivity contribution in [3.05, 3.63) is 36.5 Å². The first-order valence-electron chi connectivity index (χ1n) is 5.96. The van der Waals surface area contributed by atoms with Crippen LogP contribution in [0.5, 0.6) is 0 Å². The average Bonchev–Trinajstić information content (AvgIpc) is 2.75. The fraction of sp³-hybridized carbons (Fsp3) is 0.357. The molecule has 1 atom stereocenters. The van der Waals surface area contributed by atoms with E-state index in [4.69, 9.17) is 0 Å². The van der Waals surface area contributed by atoms with Crippen molar-refractivity contribution < 1.29 is 0 Å². The van der Waals surface area contributed by atoms with Crippen LogP contribution in [0.1, 0.15) is 19.8 Å². The van der Waals surface area contributed by atoms with Crippen molar-refractivity contribution in [2.24, 2.45) is 0 Å². The van der Waals surface area contributed by atoms with Crippen LogP contribution in [0.15, 0.2) is 36.5 Å². The highest BCUT2D eigenvalue weighted by atomic mass is 15.2. The fourth-order valence-electron chi connectivity index (χ4n) is 2.53. The van der Waals surface area contributed by atoms with Gasteiger partial charge in [0.2, 0.25) is 0 Å². The van der Waals surface area contributed by atoms with Crippen LogP contribution in [0.2, 0.25) is 0 Å². The van der Waals surface area contributed by atoms with Crippen LogP contribution < -0.4 is 4.90 Å². The summed E-state index contributed by atoms with van der Waals surface area (Å²) in [6.45, 7) is 3.46. The Bertz CT molecular complexity index is 507. The van der Waals surface area contributed by atoms with E-state index in [0.29, 0.717) is 6.04 Å². The van der Waals surface area contributed by atoms with Gasteiger partial charge in [0.1, 0.15) is 0 Å². The predicted octanol–water partition coefficient (Wildman–Crippen LogP) is 3.22. The highest BCUT2D eigenvalue weighted by molar-refractivity contribution is 5.81. The molecule has 3 rings (SSSR count). The fourth-order valence-corrected chi connectivity index (χ4v) is 2.53. The van der Waals surface area contributed by atoms with Crippen molar-refractivity contribution >= 4 is 16.6 Å². The smallest absolute Gasteiger partial charge is 0.0703 e. The molecule has 0 radical (unpaired) electrons. The Morgan fingerprint density at radius 1 is 1.31 bits per heavy atom. The van der Waals surface area contributed by atoms with Gasteiger partial charge >= 0.3 is 0 Å². The van der Waals surface area contributed by atoms with E-state index in [1.54, 1.807) is 0 Å². The van der Waals surface area contributed by atoms with E-state index in [9.17, 15) is 0 Å². The number of para-hydroxylation sites is 1. The lowest BCUT2D eigenvalue weighted by Crippen LogP contribution is -2.26. The molecule has 0 aliphatic carbocycles. The van der Waals surface area contributed by atoms with E-state index < -0.39 is 0 Å². The lowest BCUT2D eigenvalue weighted by molar-refractivity contribution is 0.734. The van der Waals surface area contributed by atoms with Gasteiger partial charge in [-0.05, 0) is 31.9 Å². The zero-order valence-corrected chi connectivity index (χ0v) is 9.56. The van der Waals surface area contributed by atoms with Gasteiger partial charge in [-0.25, -0.2) is 0 Å². The maximum atomic E-state index is 4.52. The third-order valence-corrected chi connectivity index (χ3v) is 3.46. The summed E-state index contributed by atoms with van der Waals surface area (Å²) < 4.78 is 0. The van der Waals surface area contributed by atoms with Crippen molar-refractivity contribution in [2.45, 2.75) is 25.8 Å². The van der Waals surface area contributed by atoms with E-state index in [1.165, 1.54) is 30.5 Å². The molecule has 2 nitrogen and oxygen atoms in total. The van der Waals surface area contributed by atoms with Gasteiger partial charge in [-0.1, -0.05) is 18.2 Å². The standard InChI is InChI=1S/C14H16N2/c1-11-5-4-8-16(11)13-9-12-6-2-3-7-14(12)15-10-13/h2-3,6-7,9-11H,4-5,8H2,1H3. The maximum Gasteiger partial charge on any atom is 0.0703 e. The maximum absolute atomic E-state index is 4.52. The van der Waals surface area contributed by atoms with Crippen LogP contribution in [-0.2, 0) is 0 Å². The van der Waals surface area contributed by atoms with E-state index in [-0.39, 0.29) is 0 Å². The van der Waals surface area contributed by atoms with E-state index in [1.807, 2.05) is 12.3 Å². The zero-order valence-electron chi connectivity index (χ0n) is 9.56. The molecule has 82 valence electrons. The summed E-state index contributed by atoms with van der Waals surface area (Å²) in [6.07, 6.45) is 4.60. The zero-order chi connectivity index (χ0) is 11.0. The molecule has 2 heteroatoms. The molecule has 16 heavy (non-hydrogen) atoms. The summed E-state index contributed by atoms with van der Waals surface area (Å²) in [5.74, 6) is 0. The lowest BCUT2D eigenvalue weighted by atomic mass is 10.2. The van der Waals surface area contributed by atoms with E-state index in [0.717, 1.165) is 5.52 Å². The summed E-state index contributed by atoms with van der Waals surface area (Å²) in [7, 11) is 0. The highest BCUT2D eigenvalue weighted by Crippen LogP contribution is 2.26. The molecule has 1 fully saturated rings. The monoisotopic (exact) mass is 212 g/mol. The van der Waals surface area contributed by atoms with Crippen LogP contribution in [-0.4, -0.2) is 17.6 Å². The summed E-state index contributed by atoms with van der Waals surface area (Å²) >= 11 is 0. The number of anilines is 1. The van der Waals surface area contributed by atoms with Gasteiger partial charge in [0.15, 0.2) is 0 Å². The molecule has 1 aromatic heterocycles. The summed E-state index contributed by atoms with van der Waals surface area (Å²) in [6, 6.07) is 11.2. The first kappa shape index (κ1) is 9.64. The lowest BCUT2D eigenvalue weighted by Gasteiger charge is -2.23. The van der Waals surface area contributed by atoms with Crippen molar-refractivity contribution in [2.75, 3.05) is 11.4 Å². The Morgan fingerprint density at radius 3 is 3.00 bits per heavy atom. The van der Waals surface area contributed by atoms with Gasteiger partial charge in [0, 0.05) is 18.0 Å². The van der Waals surface area contributed by atoms with E-state index in [2.05, 4.69) is 41.1 Å². The minimum absolute atomic E-state index is 0.656. The van der Waals surface area contributed by atoms with Crippen molar-refractivity contribution in [3.63, 3.8) is 0 Å². The molecule has 0 bridgehead atoms. The third-order valence-electron chi connectivity index (χ3n) is 3.46. The topological polar surface area (TPSA) is 16.1 Å². The highest BCUT2D eigenvalue weighted by Gasteiger charge is 2.20. The second-order valence-corrected chi connectivity index (χ2v) is 4.57. The minimum Gasteiger partial charge on any atom is -0.368 e. The number of rotatable bonds is 1. The molecule has 2 heterocycles. The number of hydrogen-bond acceptors (Lipinski definition) is 2. The number of aromatic nitrogens is 1. The van der Waals surface area contributed by atoms with Crippen LogP contribution in [0, 0.1) is 0 Å². The van der Waals surface area contributed by atoms with Gasteiger partial charge < -0.3 is 4.90 Å². The largest absolute Gasteiger partial charge is 0.368 e. The van der Waals surface area contributed by atoms with Crippen LogP contribution >= 0.6 is 0 Å². The second-order valence-electron chi connectivity index (χ2n) is 4.57. The van der Waals surface area contributed by atoms with Crippen LogP contribution in [0.25, 0.3) is 10.9 Å². The first-order valence-corrected chi connectivity index (χ1v) is 5.96. The minimum atomic E-state index is 0.656. The van der Waals surface area contributed by atoms with Crippen molar-refractivity contribution in [1.29, 1.82) is 0 Å². The molecular weight excluding hydrogens is 196 g/mol. The molecule has 1 aromatic carbocycles. The molecule has 0 N–H and O–H groups in total. The molecule has 0 spiro atoms. The van der Waals surface area contributed by atoms with Gasteiger partial charge in [-0.15, -0.1) is 0 Å². The van der Waals surface area contributed by atoms with Gasteiger partial charge in [0.25, 0.3) is 0 Å². The number of nitrogens with zero attached hydrogens (tertiary/aromatic N) is 2. The number of hydrogen-bond donors (Lipinski definition) is 0. The van der Waals surface area contributed by atoms with Gasteiger partial charge in [0.05, 0.1) is 17.4 Å². The average molecular weight is 212 g/mol. The molecular formula is C14H16N2. The Balaban J connectivity index is 2.04. The van der Waals surface area contributed by atoms with Crippen LogP contribution in [0.4, 0.5) is 5.69 Å². The molecule has 1 aliphatic rings. The predicted molar refractivity (Wildman–Crippen MR) is 67.8 cm³/mol. The molecule has 0 saturated carbocycles. The first-order chi connectivity index (χ1) is 7.84. The Morgan fingerprint density at radius 2 is 2.19 bits per heavy atom. The molecule has 2 aromatic rings. The summed E-state index contributed by atoms with van der Waals surface area (Å²) in [5, 5.41) is 1.24. The summed E-state index contributed by atoms with van der Waals surface area (Å²) in [5.41, 5.74) is 2.35. The Hall–Kier alpha value is -1.57.